The Morgan fingerprint density at radius 2 is 2.00 bits per heavy atom. The molecule has 2 aromatic rings. The summed E-state index contributed by atoms with van der Waals surface area (Å²) in [7, 11) is 1.89. The lowest BCUT2D eigenvalue weighted by Crippen LogP contribution is -2.39. The molecule has 0 saturated carbocycles. The highest BCUT2D eigenvalue weighted by Crippen LogP contribution is 2.23. The fraction of sp³-hybridized carbons (Fsp3) is 0.357. The Morgan fingerprint density at radius 3 is 2.55 bits per heavy atom. The van der Waals surface area contributed by atoms with Crippen LogP contribution >= 0.6 is 23.2 Å². The van der Waals surface area contributed by atoms with E-state index in [1.165, 1.54) is 0 Å². The second-order valence-corrected chi connectivity index (χ2v) is 5.62. The predicted molar refractivity (Wildman–Crippen MR) is 82.9 cm³/mol. The van der Waals surface area contributed by atoms with Crippen molar-refractivity contribution in [3.8, 4) is 0 Å². The summed E-state index contributed by atoms with van der Waals surface area (Å²) in [5.41, 5.74) is 5.70. The molecule has 1 atom stereocenters. The lowest BCUT2D eigenvalue weighted by atomic mass is 10.0. The molecular weight excluding hydrogens is 295 g/mol. The Bertz CT molecular complexity index is 595. The van der Waals surface area contributed by atoms with E-state index >= 15 is 0 Å². The number of rotatable bonds is 5. The highest BCUT2D eigenvalue weighted by atomic mass is 35.5. The summed E-state index contributed by atoms with van der Waals surface area (Å²) in [5.74, 6) is 5.66. The van der Waals surface area contributed by atoms with Crippen molar-refractivity contribution in [3.05, 3.63) is 51.3 Å². The molecule has 0 aliphatic rings. The minimum atomic E-state index is 0.0437. The Balaban J connectivity index is 2.15. The van der Waals surface area contributed by atoms with E-state index < -0.39 is 0 Å². The zero-order valence-electron chi connectivity index (χ0n) is 11.5. The first-order valence-corrected chi connectivity index (χ1v) is 7.16. The molecule has 6 heteroatoms. The van der Waals surface area contributed by atoms with E-state index in [9.17, 15) is 0 Å². The maximum atomic E-state index is 6.27. The second kappa shape index (κ2) is 6.59. The molecule has 0 aliphatic carbocycles. The monoisotopic (exact) mass is 312 g/mol. The molecule has 0 bridgehead atoms. The topological polar surface area (TPSA) is 55.9 Å². The number of aromatic nitrogens is 2. The van der Waals surface area contributed by atoms with Gasteiger partial charge in [0.2, 0.25) is 0 Å². The van der Waals surface area contributed by atoms with Crippen molar-refractivity contribution in [1.29, 1.82) is 0 Å². The molecule has 4 nitrogen and oxygen atoms in total. The largest absolute Gasteiger partial charge is 0.271 e. The van der Waals surface area contributed by atoms with E-state index in [0.29, 0.717) is 11.4 Å². The van der Waals surface area contributed by atoms with Crippen LogP contribution in [0.15, 0.2) is 24.3 Å². The van der Waals surface area contributed by atoms with Gasteiger partial charge in [-0.05, 0) is 25.0 Å². The first-order chi connectivity index (χ1) is 9.52. The second-order valence-electron chi connectivity index (χ2n) is 4.83. The third-order valence-electron chi connectivity index (χ3n) is 3.36. The minimum Gasteiger partial charge on any atom is -0.271 e. The molecule has 0 fully saturated rings. The Morgan fingerprint density at radius 1 is 1.30 bits per heavy atom. The minimum absolute atomic E-state index is 0.0437. The molecule has 0 spiro atoms. The summed E-state index contributed by atoms with van der Waals surface area (Å²) in [6.07, 6.45) is 1.43. The number of nitrogens with two attached hydrogens (primary N) is 1. The zero-order valence-corrected chi connectivity index (χ0v) is 13.0. The molecule has 0 amide bonds. The fourth-order valence-electron chi connectivity index (χ4n) is 2.25. The van der Waals surface area contributed by atoms with Gasteiger partial charge in [-0.1, -0.05) is 41.4 Å². The van der Waals surface area contributed by atoms with Gasteiger partial charge in [-0.3, -0.25) is 16.0 Å². The third-order valence-corrected chi connectivity index (χ3v) is 4.22. The first kappa shape index (κ1) is 15.3. The van der Waals surface area contributed by atoms with Gasteiger partial charge >= 0.3 is 0 Å². The van der Waals surface area contributed by atoms with Gasteiger partial charge in [0.25, 0.3) is 0 Å². The molecule has 1 aromatic carbocycles. The van der Waals surface area contributed by atoms with Crippen LogP contribution in [-0.2, 0) is 19.9 Å². The van der Waals surface area contributed by atoms with Crippen molar-refractivity contribution in [3.63, 3.8) is 0 Å². The van der Waals surface area contributed by atoms with Crippen LogP contribution in [0.1, 0.15) is 17.0 Å². The van der Waals surface area contributed by atoms with Crippen molar-refractivity contribution in [2.45, 2.75) is 25.8 Å². The van der Waals surface area contributed by atoms with Gasteiger partial charge in [-0.25, -0.2) is 0 Å². The third kappa shape index (κ3) is 3.33. The normalized spacial score (nSPS) is 12.7. The van der Waals surface area contributed by atoms with Crippen molar-refractivity contribution < 1.29 is 0 Å². The van der Waals surface area contributed by atoms with Crippen molar-refractivity contribution >= 4 is 23.2 Å². The highest BCUT2D eigenvalue weighted by molar-refractivity contribution is 6.32. The zero-order chi connectivity index (χ0) is 14.7. The number of benzene rings is 1. The average molecular weight is 313 g/mol. The van der Waals surface area contributed by atoms with Crippen LogP contribution in [0.2, 0.25) is 10.0 Å². The molecule has 108 valence electrons. The van der Waals surface area contributed by atoms with Crippen LogP contribution in [0.3, 0.4) is 0 Å². The molecule has 2 rings (SSSR count). The summed E-state index contributed by atoms with van der Waals surface area (Å²) < 4.78 is 1.80. The van der Waals surface area contributed by atoms with E-state index in [-0.39, 0.29) is 6.04 Å². The maximum Gasteiger partial charge on any atom is 0.0847 e. The van der Waals surface area contributed by atoms with E-state index in [2.05, 4.69) is 10.5 Å². The van der Waals surface area contributed by atoms with E-state index in [4.69, 9.17) is 29.0 Å². The van der Waals surface area contributed by atoms with E-state index in [1.807, 2.05) is 38.2 Å². The molecule has 0 radical (unpaired) electrons. The van der Waals surface area contributed by atoms with Gasteiger partial charge < -0.3 is 0 Å². The van der Waals surface area contributed by atoms with Gasteiger partial charge in [0.1, 0.15) is 0 Å². The Hall–Kier alpha value is -1.07. The van der Waals surface area contributed by atoms with Gasteiger partial charge in [-0.2, -0.15) is 5.10 Å². The Labute approximate surface area is 128 Å². The molecule has 3 N–H and O–H groups in total. The maximum absolute atomic E-state index is 6.27. The number of nitrogens with one attached hydrogen (secondary N) is 1. The van der Waals surface area contributed by atoms with Crippen molar-refractivity contribution in [1.82, 2.24) is 15.2 Å². The molecule has 20 heavy (non-hydrogen) atoms. The van der Waals surface area contributed by atoms with Crippen LogP contribution in [0.5, 0.6) is 0 Å². The number of hydrogen-bond acceptors (Lipinski definition) is 3. The van der Waals surface area contributed by atoms with Crippen LogP contribution in [-0.4, -0.2) is 15.8 Å². The SMILES string of the molecule is Cc1nn(C)c(CC(Cc2ccccc2Cl)NN)c1Cl. The number of nitrogens with zero attached hydrogens (tertiary/aromatic N) is 2. The molecule has 1 heterocycles. The number of aryl methyl sites for hydroxylation is 2. The van der Waals surface area contributed by atoms with Gasteiger partial charge in [-0.15, -0.1) is 0 Å². The van der Waals surface area contributed by atoms with Crippen LogP contribution in [0.4, 0.5) is 0 Å². The molecule has 0 saturated heterocycles. The van der Waals surface area contributed by atoms with Crippen LogP contribution in [0, 0.1) is 6.92 Å². The number of hydrazine groups is 1. The summed E-state index contributed by atoms with van der Waals surface area (Å²) in [6, 6.07) is 7.81. The number of halogens is 2. The van der Waals surface area contributed by atoms with E-state index in [1.54, 1.807) is 4.68 Å². The summed E-state index contributed by atoms with van der Waals surface area (Å²) in [4.78, 5) is 0. The van der Waals surface area contributed by atoms with Crippen LogP contribution < -0.4 is 11.3 Å². The highest BCUT2D eigenvalue weighted by Gasteiger charge is 2.17. The van der Waals surface area contributed by atoms with Gasteiger partial charge in [0, 0.05) is 24.5 Å². The quantitative estimate of drug-likeness (QED) is 0.659. The molecule has 1 unspecified atom stereocenters. The molecule has 0 aliphatic heterocycles. The summed E-state index contributed by atoms with van der Waals surface area (Å²) >= 11 is 12.5. The lowest BCUT2D eigenvalue weighted by Gasteiger charge is -2.17. The van der Waals surface area contributed by atoms with Crippen LogP contribution in [0.25, 0.3) is 0 Å². The van der Waals surface area contributed by atoms with Crippen molar-refractivity contribution in [2.24, 2.45) is 12.9 Å². The average Bonchev–Trinajstić information content (AvgIpc) is 2.66. The summed E-state index contributed by atoms with van der Waals surface area (Å²) in [5, 5.41) is 5.76. The fourth-order valence-corrected chi connectivity index (χ4v) is 2.70. The lowest BCUT2D eigenvalue weighted by molar-refractivity contribution is 0.505. The molecule has 1 aromatic heterocycles. The van der Waals surface area contributed by atoms with Gasteiger partial charge in [0.15, 0.2) is 0 Å². The van der Waals surface area contributed by atoms with Crippen molar-refractivity contribution in [2.75, 3.05) is 0 Å². The Kier molecular flexibility index (Phi) is 5.05. The smallest absolute Gasteiger partial charge is 0.0847 e. The molecular formula is C14H18Cl2N4. The standard InChI is InChI=1S/C14H18Cl2N4/c1-9-14(16)13(20(2)19-9)8-11(18-17)7-10-5-3-4-6-12(10)15/h3-6,11,18H,7-8,17H2,1-2H3. The first-order valence-electron chi connectivity index (χ1n) is 6.40. The van der Waals surface area contributed by atoms with Gasteiger partial charge in [0.05, 0.1) is 16.4 Å². The van der Waals surface area contributed by atoms with E-state index in [0.717, 1.165) is 28.4 Å². The number of hydrogen-bond donors (Lipinski definition) is 2. The summed E-state index contributed by atoms with van der Waals surface area (Å²) in [6.45, 7) is 1.89. The predicted octanol–water partition coefficient (Wildman–Crippen LogP) is 2.65.